The van der Waals surface area contributed by atoms with Crippen LogP contribution in [0.4, 0.5) is 5.00 Å². The molecule has 0 atom stereocenters. The number of carbonyl (C=O) groups is 1. The van der Waals surface area contributed by atoms with E-state index < -0.39 is 4.92 Å². The number of nitro groups is 1. The van der Waals surface area contributed by atoms with Crippen molar-refractivity contribution in [2.24, 2.45) is 0 Å². The Morgan fingerprint density at radius 2 is 1.95 bits per heavy atom. The van der Waals surface area contributed by atoms with Crippen molar-refractivity contribution in [2.75, 3.05) is 0 Å². The molecular weight excluding hydrogens is 268 g/mol. The van der Waals surface area contributed by atoms with E-state index in [1.54, 1.807) is 13.8 Å². The Hall–Kier alpha value is -2.28. The Morgan fingerprint density at radius 1 is 1.37 bits per heavy atom. The number of phenolic OH excluding ortho intramolecular Hbond substituents is 1. The van der Waals surface area contributed by atoms with Crippen molar-refractivity contribution in [2.45, 2.75) is 13.8 Å². The minimum atomic E-state index is -0.582. The largest absolute Gasteiger partial charge is 0.507 e. The lowest BCUT2D eigenvalue weighted by Gasteiger charge is -2.05. The molecule has 19 heavy (non-hydrogen) atoms. The molecular formula is C12H10N2O4S. The SMILES string of the molecule is Cc1cc(C(=O)c2ncc([N+](=O)[O-])s2)cc(C)c1O. The van der Waals surface area contributed by atoms with E-state index in [2.05, 4.69) is 4.98 Å². The summed E-state index contributed by atoms with van der Waals surface area (Å²) in [5.41, 5.74) is 1.51. The number of rotatable bonds is 3. The van der Waals surface area contributed by atoms with Gasteiger partial charge in [-0.2, -0.15) is 0 Å². The number of nitrogens with zero attached hydrogens (tertiary/aromatic N) is 2. The molecule has 98 valence electrons. The summed E-state index contributed by atoms with van der Waals surface area (Å²) in [6.07, 6.45) is 1.07. The van der Waals surface area contributed by atoms with E-state index in [-0.39, 0.29) is 21.5 Å². The van der Waals surface area contributed by atoms with Crippen LogP contribution in [0.25, 0.3) is 0 Å². The fourth-order valence-electron chi connectivity index (χ4n) is 1.67. The van der Waals surface area contributed by atoms with Gasteiger partial charge in [0.15, 0.2) is 5.01 Å². The van der Waals surface area contributed by atoms with Crippen LogP contribution in [0.15, 0.2) is 18.3 Å². The third kappa shape index (κ3) is 2.45. The summed E-state index contributed by atoms with van der Waals surface area (Å²) < 4.78 is 0. The molecule has 0 saturated heterocycles. The highest BCUT2D eigenvalue weighted by atomic mass is 32.1. The summed E-state index contributed by atoms with van der Waals surface area (Å²) in [4.78, 5) is 25.9. The third-order valence-corrected chi connectivity index (χ3v) is 3.57. The van der Waals surface area contributed by atoms with Crippen LogP contribution in [0.2, 0.25) is 0 Å². The highest BCUT2D eigenvalue weighted by Crippen LogP contribution is 2.27. The minimum absolute atomic E-state index is 0.0659. The van der Waals surface area contributed by atoms with Crippen LogP contribution < -0.4 is 0 Å². The van der Waals surface area contributed by atoms with Crippen molar-refractivity contribution in [1.29, 1.82) is 0 Å². The van der Waals surface area contributed by atoms with Gasteiger partial charge >= 0.3 is 5.00 Å². The number of aromatic hydroxyl groups is 1. The molecule has 0 amide bonds. The average Bonchev–Trinajstić information content (AvgIpc) is 2.84. The average molecular weight is 278 g/mol. The van der Waals surface area contributed by atoms with E-state index in [9.17, 15) is 20.0 Å². The molecule has 6 nitrogen and oxygen atoms in total. The number of hydrogen-bond donors (Lipinski definition) is 1. The van der Waals surface area contributed by atoms with E-state index in [4.69, 9.17) is 0 Å². The number of ketones is 1. The summed E-state index contributed by atoms with van der Waals surface area (Å²) in [6, 6.07) is 3.08. The molecule has 1 N–H and O–H groups in total. The van der Waals surface area contributed by atoms with Gasteiger partial charge in [-0.05, 0) is 48.4 Å². The van der Waals surface area contributed by atoms with Crippen molar-refractivity contribution in [3.05, 3.63) is 50.1 Å². The van der Waals surface area contributed by atoms with Gasteiger partial charge in [-0.15, -0.1) is 0 Å². The fourth-order valence-corrected chi connectivity index (χ4v) is 2.36. The topological polar surface area (TPSA) is 93.3 Å². The number of aromatic nitrogens is 1. The molecule has 0 spiro atoms. The van der Waals surface area contributed by atoms with Gasteiger partial charge in [-0.3, -0.25) is 14.9 Å². The standard InChI is InChI=1S/C12H10N2O4S/c1-6-3-8(4-7(2)10(6)15)11(16)12-13-5-9(19-12)14(17)18/h3-5,15H,1-2H3. The monoisotopic (exact) mass is 278 g/mol. The predicted octanol–water partition coefficient (Wildman–Crippen LogP) is 2.60. The van der Waals surface area contributed by atoms with Gasteiger partial charge in [0.2, 0.25) is 5.78 Å². The van der Waals surface area contributed by atoms with E-state index in [1.165, 1.54) is 12.1 Å². The highest BCUT2D eigenvalue weighted by Gasteiger charge is 2.19. The maximum atomic E-state index is 12.1. The zero-order valence-electron chi connectivity index (χ0n) is 10.2. The van der Waals surface area contributed by atoms with Crippen LogP contribution in [-0.4, -0.2) is 20.8 Å². The van der Waals surface area contributed by atoms with Crippen molar-refractivity contribution in [3.63, 3.8) is 0 Å². The number of thiazole rings is 1. The molecule has 1 aromatic heterocycles. The predicted molar refractivity (Wildman–Crippen MR) is 69.8 cm³/mol. The van der Waals surface area contributed by atoms with Crippen LogP contribution in [0, 0.1) is 24.0 Å². The van der Waals surface area contributed by atoms with E-state index in [0.29, 0.717) is 16.7 Å². The zero-order chi connectivity index (χ0) is 14.2. The molecule has 0 saturated carbocycles. The van der Waals surface area contributed by atoms with Gasteiger partial charge in [0.05, 0.1) is 4.92 Å². The van der Waals surface area contributed by atoms with E-state index >= 15 is 0 Å². The van der Waals surface area contributed by atoms with Gasteiger partial charge in [-0.25, -0.2) is 4.98 Å². The first kappa shape index (κ1) is 13.2. The normalized spacial score (nSPS) is 10.4. The third-order valence-electron chi connectivity index (χ3n) is 2.62. The van der Waals surface area contributed by atoms with Crippen LogP contribution >= 0.6 is 11.3 Å². The molecule has 0 aliphatic carbocycles. The van der Waals surface area contributed by atoms with Gasteiger partial charge in [-0.1, -0.05) is 0 Å². The van der Waals surface area contributed by atoms with Crippen molar-refractivity contribution in [1.82, 2.24) is 4.98 Å². The highest BCUT2D eigenvalue weighted by molar-refractivity contribution is 7.16. The summed E-state index contributed by atoms with van der Waals surface area (Å²) in [7, 11) is 0. The Balaban J connectivity index is 2.41. The Morgan fingerprint density at radius 3 is 2.42 bits per heavy atom. The Labute approximate surface area is 112 Å². The molecule has 2 aromatic rings. The lowest BCUT2D eigenvalue weighted by atomic mass is 10.0. The summed E-state index contributed by atoms with van der Waals surface area (Å²) >= 11 is 0.738. The fraction of sp³-hybridized carbons (Fsp3) is 0.167. The molecule has 0 aliphatic heterocycles. The smallest absolute Gasteiger partial charge is 0.344 e. The van der Waals surface area contributed by atoms with Gasteiger partial charge < -0.3 is 5.11 Å². The molecule has 7 heteroatoms. The number of benzene rings is 1. The second-order valence-corrected chi connectivity index (χ2v) is 5.06. The molecule has 2 rings (SSSR count). The van der Waals surface area contributed by atoms with Crippen LogP contribution in [0.1, 0.15) is 26.5 Å². The number of phenols is 1. The maximum Gasteiger partial charge on any atom is 0.344 e. The first-order valence-electron chi connectivity index (χ1n) is 5.35. The lowest BCUT2D eigenvalue weighted by molar-refractivity contribution is -0.380. The first-order chi connectivity index (χ1) is 8.90. The van der Waals surface area contributed by atoms with Gasteiger partial charge in [0.25, 0.3) is 0 Å². The van der Waals surface area contributed by atoms with Crippen LogP contribution in [-0.2, 0) is 0 Å². The molecule has 0 unspecified atom stereocenters. The Kier molecular flexibility index (Phi) is 3.30. The molecule has 1 aromatic carbocycles. The van der Waals surface area contributed by atoms with E-state index in [0.717, 1.165) is 17.5 Å². The Bertz CT molecular complexity index is 655. The molecule has 1 heterocycles. The van der Waals surface area contributed by atoms with Crippen molar-refractivity contribution >= 4 is 22.1 Å². The molecule has 0 bridgehead atoms. The van der Waals surface area contributed by atoms with Crippen LogP contribution in [0.5, 0.6) is 5.75 Å². The quantitative estimate of drug-likeness (QED) is 0.529. The number of aryl methyl sites for hydroxylation is 2. The van der Waals surface area contributed by atoms with Crippen molar-refractivity contribution in [3.8, 4) is 5.75 Å². The molecule has 0 aliphatic rings. The van der Waals surface area contributed by atoms with Crippen LogP contribution in [0.3, 0.4) is 0 Å². The summed E-state index contributed by atoms with van der Waals surface area (Å²) in [6.45, 7) is 3.37. The second-order valence-electron chi connectivity index (χ2n) is 4.05. The minimum Gasteiger partial charge on any atom is -0.507 e. The van der Waals surface area contributed by atoms with E-state index in [1.807, 2.05) is 0 Å². The van der Waals surface area contributed by atoms with Crippen molar-refractivity contribution < 1.29 is 14.8 Å². The summed E-state index contributed by atoms with van der Waals surface area (Å²) in [5, 5.41) is 20.1. The number of carbonyl (C=O) groups excluding carboxylic acids is 1. The molecule has 0 radical (unpaired) electrons. The lowest BCUT2D eigenvalue weighted by Crippen LogP contribution is -2.01. The molecule has 0 fully saturated rings. The maximum absolute atomic E-state index is 12.1. The van der Waals surface area contributed by atoms with Gasteiger partial charge in [0, 0.05) is 5.56 Å². The van der Waals surface area contributed by atoms with Gasteiger partial charge in [0.1, 0.15) is 11.9 Å². The number of hydrogen-bond acceptors (Lipinski definition) is 6. The zero-order valence-corrected chi connectivity index (χ0v) is 11.0. The summed E-state index contributed by atoms with van der Waals surface area (Å²) in [5.74, 6) is -0.244. The second kappa shape index (κ2) is 4.77. The first-order valence-corrected chi connectivity index (χ1v) is 6.17.